The fourth-order valence-corrected chi connectivity index (χ4v) is 5.76. The molecule has 1 aliphatic rings. The normalized spacial score (nSPS) is 20.0. The average molecular weight is 411 g/mol. The van der Waals surface area contributed by atoms with Crippen molar-refractivity contribution in [3.8, 4) is 0 Å². The fourth-order valence-electron chi connectivity index (χ4n) is 3.92. The number of rotatable bonds is 6. The van der Waals surface area contributed by atoms with Crippen LogP contribution in [0.3, 0.4) is 0 Å². The van der Waals surface area contributed by atoms with Crippen molar-refractivity contribution in [2.45, 2.75) is 36.7 Å². The third-order valence-electron chi connectivity index (χ3n) is 5.36. The van der Waals surface area contributed by atoms with Gasteiger partial charge in [0.25, 0.3) is 0 Å². The molecule has 2 aromatic heterocycles. The fraction of sp³-hybridized carbons (Fsp3) is 0.238. The van der Waals surface area contributed by atoms with E-state index >= 15 is 0 Å². The Morgan fingerprint density at radius 1 is 0.828 bits per heavy atom. The Labute approximate surface area is 168 Å². The molecule has 29 heavy (non-hydrogen) atoms. The number of aldehydes is 2. The lowest BCUT2D eigenvalue weighted by atomic mass is 10.1. The number of aryl methyl sites for hydroxylation is 1. The molecule has 0 bridgehead atoms. The zero-order valence-electron chi connectivity index (χ0n) is 15.8. The first kappa shape index (κ1) is 19.4. The molecule has 150 valence electrons. The lowest BCUT2D eigenvalue weighted by Gasteiger charge is -2.29. The van der Waals surface area contributed by atoms with E-state index in [-0.39, 0.29) is 4.90 Å². The highest BCUT2D eigenvalue weighted by Crippen LogP contribution is 2.46. The van der Waals surface area contributed by atoms with Gasteiger partial charge in [-0.3, -0.25) is 9.59 Å². The quantitative estimate of drug-likeness (QED) is 0.606. The molecule has 8 heteroatoms. The van der Waals surface area contributed by atoms with Crippen LogP contribution in [0.1, 0.15) is 62.9 Å². The van der Waals surface area contributed by atoms with Crippen LogP contribution in [0, 0.1) is 6.92 Å². The van der Waals surface area contributed by atoms with E-state index in [1.807, 2.05) is 6.92 Å². The Hall–Kier alpha value is -2.97. The van der Waals surface area contributed by atoms with Crippen molar-refractivity contribution >= 4 is 22.6 Å². The molecule has 1 saturated heterocycles. The van der Waals surface area contributed by atoms with Gasteiger partial charge in [0.2, 0.25) is 10.0 Å². The number of aromatic amines is 2. The molecule has 0 spiro atoms. The molecule has 1 fully saturated rings. The third kappa shape index (κ3) is 3.45. The molecule has 7 nitrogen and oxygen atoms in total. The van der Waals surface area contributed by atoms with E-state index in [0.29, 0.717) is 48.2 Å². The summed E-state index contributed by atoms with van der Waals surface area (Å²) in [4.78, 5) is 28.4. The summed E-state index contributed by atoms with van der Waals surface area (Å²) >= 11 is 0. The van der Waals surface area contributed by atoms with Crippen LogP contribution in [0.15, 0.2) is 53.4 Å². The van der Waals surface area contributed by atoms with E-state index < -0.39 is 22.1 Å². The molecule has 1 aliphatic heterocycles. The van der Waals surface area contributed by atoms with Gasteiger partial charge in [-0.1, -0.05) is 17.7 Å². The number of H-pyrrole nitrogens is 2. The van der Waals surface area contributed by atoms with E-state index in [1.165, 1.54) is 4.31 Å². The molecular weight excluding hydrogens is 390 g/mol. The Balaban J connectivity index is 1.81. The van der Waals surface area contributed by atoms with Crippen molar-refractivity contribution < 1.29 is 18.0 Å². The minimum absolute atomic E-state index is 0.212. The molecular formula is C21H21N3O4S. The van der Waals surface area contributed by atoms with Gasteiger partial charge in [0.1, 0.15) is 0 Å². The van der Waals surface area contributed by atoms with Crippen LogP contribution in [0.25, 0.3) is 0 Å². The zero-order valence-corrected chi connectivity index (χ0v) is 16.6. The number of sulfonamides is 1. The Morgan fingerprint density at radius 3 is 1.72 bits per heavy atom. The molecule has 3 aromatic rings. The van der Waals surface area contributed by atoms with Gasteiger partial charge in [-0.25, -0.2) is 8.42 Å². The number of carbonyl (C=O) groups is 2. The Kier molecular flexibility index (Phi) is 4.97. The van der Waals surface area contributed by atoms with Crippen LogP contribution in [0.2, 0.25) is 0 Å². The van der Waals surface area contributed by atoms with E-state index in [0.717, 1.165) is 5.56 Å². The van der Waals surface area contributed by atoms with Crippen molar-refractivity contribution in [1.82, 2.24) is 14.3 Å². The van der Waals surface area contributed by atoms with E-state index in [4.69, 9.17) is 0 Å². The maximum absolute atomic E-state index is 13.6. The second kappa shape index (κ2) is 7.46. The molecule has 3 heterocycles. The minimum Gasteiger partial charge on any atom is -0.355 e. The lowest BCUT2D eigenvalue weighted by molar-refractivity contribution is 0.111. The highest BCUT2D eigenvalue weighted by atomic mass is 32.2. The smallest absolute Gasteiger partial charge is 0.244 e. The summed E-state index contributed by atoms with van der Waals surface area (Å²) in [6, 6.07) is 12.7. The van der Waals surface area contributed by atoms with Crippen molar-refractivity contribution in [3.05, 3.63) is 76.9 Å². The number of aromatic nitrogens is 2. The van der Waals surface area contributed by atoms with Gasteiger partial charge in [0, 0.05) is 11.4 Å². The van der Waals surface area contributed by atoms with Crippen molar-refractivity contribution in [2.75, 3.05) is 0 Å². The first-order valence-electron chi connectivity index (χ1n) is 9.32. The van der Waals surface area contributed by atoms with Crippen LogP contribution < -0.4 is 0 Å². The predicted octanol–water partition coefficient (Wildman–Crippen LogP) is 3.54. The SMILES string of the molecule is Cc1ccc(S(=O)(=O)N2[C@@H](c3ccc(C=O)[nH]3)CC[C@H]2c2ccc(C=O)[nH]2)cc1. The zero-order chi connectivity index (χ0) is 20.6. The maximum Gasteiger partial charge on any atom is 0.244 e. The van der Waals surface area contributed by atoms with Crippen LogP contribution >= 0.6 is 0 Å². The number of nitrogens with zero attached hydrogens (tertiary/aromatic N) is 1. The number of hydrogen-bond acceptors (Lipinski definition) is 4. The Bertz CT molecular complexity index is 1090. The highest BCUT2D eigenvalue weighted by molar-refractivity contribution is 7.89. The summed E-state index contributed by atoms with van der Waals surface area (Å²) in [6.45, 7) is 1.90. The average Bonchev–Trinajstić information content (AvgIpc) is 3.45. The number of nitrogens with one attached hydrogen (secondary N) is 2. The molecule has 4 rings (SSSR count). The number of benzene rings is 1. The Morgan fingerprint density at radius 2 is 1.31 bits per heavy atom. The summed E-state index contributed by atoms with van der Waals surface area (Å²) in [6.07, 6.45) is 2.58. The van der Waals surface area contributed by atoms with Gasteiger partial charge < -0.3 is 9.97 Å². The van der Waals surface area contributed by atoms with E-state index in [2.05, 4.69) is 9.97 Å². The van der Waals surface area contributed by atoms with Crippen molar-refractivity contribution in [2.24, 2.45) is 0 Å². The number of carbonyl (C=O) groups excluding carboxylic acids is 2. The first-order chi connectivity index (χ1) is 13.9. The van der Waals surface area contributed by atoms with Gasteiger partial charge >= 0.3 is 0 Å². The van der Waals surface area contributed by atoms with E-state index in [9.17, 15) is 18.0 Å². The molecule has 1 aromatic carbocycles. The van der Waals surface area contributed by atoms with Crippen molar-refractivity contribution in [3.63, 3.8) is 0 Å². The second-order valence-electron chi connectivity index (χ2n) is 7.23. The summed E-state index contributed by atoms with van der Waals surface area (Å²) in [5.41, 5.74) is 3.12. The van der Waals surface area contributed by atoms with Crippen molar-refractivity contribution in [1.29, 1.82) is 0 Å². The summed E-state index contributed by atoms with van der Waals surface area (Å²) in [7, 11) is -3.83. The number of hydrogen-bond donors (Lipinski definition) is 2. The first-order valence-corrected chi connectivity index (χ1v) is 10.8. The molecule has 0 saturated carbocycles. The highest BCUT2D eigenvalue weighted by Gasteiger charge is 2.44. The topological polar surface area (TPSA) is 103 Å². The summed E-state index contributed by atoms with van der Waals surface area (Å²) < 4.78 is 28.7. The molecule has 0 aliphatic carbocycles. The molecule has 0 unspecified atom stereocenters. The largest absolute Gasteiger partial charge is 0.355 e. The van der Waals surface area contributed by atoms with Crippen LogP contribution in [-0.4, -0.2) is 35.3 Å². The molecule has 2 N–H and O–H groups in total. The molecule has 0 radical (unpaired) electrons. The minimum atomic E-state index is -3.83. The van der Waals surface area contributed by atoms with E-state index in [1.54, 1.807) is 48.5 Å². The van der Waals surface area contributed by atoms with Crippen LogP contribution in [-0.2, 0) is 10.0 Å². The van der Waals surface area contributed by atoms with Gasteiger partial charge in [-0.15, -0.1) is 0 Å². The molecule has 2 atom stereocenters. The summed E-state index contributed by atoms with van der Waals surface area (Å²) in [5, 5.41) is 0. The summed E-state index contributed by atoms with van der Waals surface area (Å²) in [5.74, 6) is 0. The van der Waals surface area contributed by atoms with Crippen LogP contribution in [0.5, 0.6) is 0 Å². The monoisotopic (exact) mass is 411 g/mol. The predicted molar refractivity (Wildman–Crippen MR) is 107 cm³/mol. The van der Waals surface area contributed by atoms with Gasteiger partial charge in [-0.05, 0) is 56.2 Å². The maximum atomic E-state index is 13.6. The van der Waals surface area contributed by atoms with Gasteiger partial charge in [0.05, 0.1) is 28.4 Å². The van der Waals surface area contributed by atoms with Gasteiger partial charge in [-0.2, -0.15) is 4.31 Å². The lowest BCUT2D eigenvalue weighted by Crippen LogP contribution is -2.33. The third-order valence-corrected chi connectivity index (χ3v) is 7.29. The molecule has 0 amide bonds. The standard InChI is InChI=1S/C21H21N3O4S/c1-14-2-6-17(7-3-14)29(27,28)24-20(18-8-4-15(12-25)22-18)10-11-21(24)19-9-5-16(13-26)23-19/h2-9,12-13,20-23H,10-11H2,1H3/t20-,21+. The second-order valence-corrected chi connectivity index (χ2v) is 9.07. The van der Waals surface area contributed by atoms with Crippen LogP contribution in [0.4, 0.5) is 0 Å². The van der Waals surface area contributed by atoms with Gasteiger partial charge in [0.15, 0.2) is 12.6 Å².